The molecule has 0 fully saturated rings. The monoisotopic (exact) mass is 385 g/mol. The molecule has 1 aromatic rings. The molecule has 5 heteroatoms. The van der Waals surface area contributed by atoms with Crippen molar-refractivity contribution in [2.75, 3.05) is 13.1 Å². The minimum absolute atomic E-state index is 0. The number of rotatable bonds is 5. The van der Waals surface area contributed by atoms with Crippen molar-refractivity contribution in [1.82, 2.24) is 4.90 Å². The average molecular weight is 387 g/mol. The topological polar surface area (TPSA) is 3.24 Å². The van der Waals surface area contributed by atoms with Gasteiger partial charge in [-0.2, -0.15) is 0 Å². The van der Waals surface area contributed by atoms with Crippen LogP contribution >= 0.6 is 37.2 Å². The molecule has 0 aromatic heterocycles. The van der Waals surface area contributed by atoms with Crippen LogP contribution in [0.1, 0.15) is 31.9 Å². The molecule has 1 aliphatic carbocycles. The molecule has 0 amide bonds. The van der Waals surface area contributed by atoms with Gasteiger partial charge in [-0.05, 0) is 0 Å². The minimum Gasteiger partial charge on any atom is -0.147 e. The molecule has 0 N–H and O–H groups in total. The van der Waals surface area contributed by atoms with Gasteiger partial charge in [-0.15, -0.1) is 37.2 Å². The summed E-state index contributed by atoms with van der Waals surface area (Å²) in [5.74, 6) is 0. The predicted octanol–water partition coefficient (Wildman–Crippen LogP) is 5.10. The van der Waals surface area contributed by atoms with Crippen LogP contribution in [0.15, 0.2) is 52.3 Å². The van der Waals surface area contributed by atoms with Gasteiger partial charge in [0.2, 0.25) is 0 Å². The summed E-state index contributed by atoms with van der Waals surface area (Å²) in [4.78, 5) is 2.52. The first-order valence-corrected chi connectivity index (χ1v) is 7.35. The van der Waals surface area contributed by atoms with Gasteiger partial charge in [0.15, 0.2) is 0 Å². The number of benzene rings is 1. The van der Waals surface area contributed by atoms with Gasteiger partial charge in [-0.3, -0.25) is 0 Å². The van der Waals surface area contributed by atoms with Crippen molar-refractivity contribution < 1.29 is 17.4 Å². The van der Waals surface area contributed by atoms with Crippen LogP contribution in [0.25, 0.3) is 0 Å². The normalized spacial score (nSPS) is 14.2. The zero-order valence-electron chi connectivity index (χ0n) is 12.4. The molecule has 2 rings (SSSR count). The van der Waals surface area contributed by atoms with Crippen molar-refractivity contribution >= 4 is 37.2 Å². The minimum atomic E-state index is 0. The zero-order chi connectivity index (χ0) is 13.0. The molecular weight excluding hydrogens is 363 g/mol. The van der Waals surface area contributed by atoms with Crippen LogP contribution < -0.4 is 0 Å². The van der Waals surface area contributed by atoms with E-state index >= 15 is 0 Å². The smallest absolute Gasteiger partial charge is 0.147 e. The van der Waals surface area contributed by atoms with Crippen molar-refractivity contribution in [1.29, 1.82) is 0 Å². The Labute approximate surface area is 156 Å². The van der Waals surface area contributed by atoms with Crippen LogP contribution in [0.2, 0.25) is 0 Å². The first-order chi connectivity index (χ1) is 8.77. The van der Waals surface area contributed by atoms with E-state index in [2.05, 4.69) is 78.7 Å². The summed E-state index contributed by atoms with van der Waals surface area (Å²) in [5.41, 5.74) is 2.86. The number of hydrogen-bond donors (Lipinski definition) is 0. The summed E-state index contributed by atoms with van der Waals surface area (Å²) in [7, 11) is 0. The quantitative estimate of drug-likeness (QED) is 0.681. The van der Waals surface area contributed by atoms with Crippen LogP contribution in [-0.2, 0) is 17.4 Å². The van der Waals surface area contributed by atoms with Gasteiger partial charge < -0.3 is 0 Å². The zero-order valence-corrected chi connectivity index (χ0v) is 16.2. The molecule has 1 aromatic carbocycles. The van der Waals surface area contributed by atoms with E-state index in [0.717, 1.165) is 19.5 Å². The Bertz CT molecular complexity index is 456. The molecule has 0 aliphatic heterocycles. The van der Waals surface area contributed by atoms with Gasteiger partial charge in [0.1, 0.15) is 0 Å². The van der Waals surface area contributed by atoms with Crippen LogP contribution in [0.4, 0.5) is 0 Å². The van der Waals surface area contributed by atoms with E-state index in [1.165, 1.54) is 15.4 Å². The van der Waals surface area contributed by atoms with Gasteiger partial charge in [-0.25, -0.2) is 0 Å². The third kappa shape index (κ3) is 5.67. The summed E-state index contributed by atoms with van der Waals surface area (Å²) in [6.45, 7) is 6.63. The van der Waals surface area contributed by atoms with Crippen LogP contribution in [0.3, 0.4) is 0 Å². The number of hydrogen-bond acceptors (Lipinski definition) is 1. The van der Waals surface area contributed by atoms with Gasteiger partial charge >= 0.3 is 120 Å². The number of halogens is 3. The maximum atomic E-state index is 2.75. The van der Waals surface area contributed by atoms with Crippen molar-refractivity contribution in [2.45, 2.75) is 26.3 Å². The van der Waals surface area contributed by atoms with Crippen molar-refractivity contribution in [3.63, 3.8) is 0 Å². The van der Waals surface area contributed by atoms with E-state index in [1.54, 1.807) is 0 Å². The fourth-order valence-corrected chi connectivity index (χ4v) is 3.04. The van der Waals surface area contributed by atoms with Gasteiger partial charge in [-0.1, -0.05) is 0 Å². The number of likely N-dealkylation sites (N-methyl/N-ethyl adjacent to an activating group) is 1. The van der Waals surface area contributed by atoms with E-state index in [4.69, 9.17) is 0 Å². The van der Waals surface area contributed by atoms with Crippen LogP contribution in [0.5, 0.6) is 0 Å². The fourth-order valence-electron chi connectivity index (χ4n) is 2.57. The molecule has 118 valence electrons. The Morgan fingerprint density at radius 1 is 1.05 bits per heavy atom. The Morgan fingerprint density at radius 3 is 2.05 bits per heavy atom. The summed E-state index contributed by atoms with van der Waals surface area (Å²) < 4.78 is 1.45. The van der Waals surface area contributed by atoms with Crippen LogP contribution in [-0.4, -0.2) is 18.0 Å². The Kier molecular flexibility index (Phi) is 13.0. The van der Waals surface area contributed by atoms with E-state index in [1.807, 2.05) is 0 Å². The van der Waals surface area contributed by atoms with Gasteiger partial charge in [0.05, 0.1) is 0 Å². The third-order valence-electron chi connectivity index (χ3n) is 3.53. The molecule has 0 radical (unpaired) electrons. The number of allylic oxidation sites excluding steroid dienone is 2. The average Bonchev–Trinajstić information content (AvgIpc) is 2.83. The first kappa shape index (κ1) is 23.4. The van der Waals surface area contributed by atoms with Crippen molar-refractivity contribution in [2.24, 2.45) is 0 Å². The summed E-state index contributed by atoms with van der Waals surface area (Å²) in [6.07, 6.45) is 5.64. The Morgan fingerprint density at radius 2 is 1.62 bits per heavy atom. The predicted molar refractivity (Wildman–Crippen MR) is 94.6 cm³/mol. The molecule has 0 heterocycles. The molecule has 21 heavy (non-hydrogen) atoms. The van der Waals surface area contributed by atoms with Gasteiger partial charge in [0, 0.05) is 0 Å². The largest absolute Gasteiger partial charge is 0.147 e. The maximum Gasteiger partial charge on any atom is -0.147 e. The summed E-state index contributed by atoms with van der Waals surface area (Å²) in [5, 5.41) is 0. The molecule has 1 aliphatic rings. The molecule has 0 bridgehead atoms. The van der Waals surface area contributed by atoms with Crippen molar-refractivity contribution in [3.8, 4) is 0 Å². The second-order valence-corrected chi connectivity index (χ2v) is 5.39. The van der Waals surface area contributed by atoms with Crippen molar-refractivity contribution in [3.05, 3.63) is 57.9 Å². The van der Waals surface area contributed by atoms with E-state index in [9.17, 15) is 0 Å². The first-order valence-electron chi connectivity index (χ1n) is 6.65. The second-order valence-electron chi connectivity index (χ2n) is 4.54. The molecule has 0 saturated heterocycles. The standard InChI is InChI=1S/C16H20N.3ClH.V/c1-3-17(4-2)16(15-12-8-9-13-15)14-10-6-5-7-11-14;;;;/h5-8,10-12,16H,3-4,9H2,1-2H3;3*1H;. The fraction of sp³-hybridized carbons (Fsp3) is 0.375. The molecular formula is C16H23Cl3NV. The molecule has 0 saturated carbocycles. The van der Waals surface area contributed by atoms with Crippen LogP contribution in [0, 0.1) is 0 Å². The molecule has 1 atom stereocenters. The SMILES string of the molecule is CCN(CC)C(C1=[C]([V])CC=C1)c1ccccc1.Cl.Cl.Cl. The number of nitrogens with zero attached hydrogens (tertiary/aromatic N) is 1. The summed E-state index contributed by atoms with van der Waals surface area (Å²) in [6, 6.07) is 11.2. The second kappa shape index (κ2) is 11.7. The van der Waals surface area contributed by atoms with Gasteiger partial charge in [0.25, 0.3) is 0 Å². The van der Waals surface area contributed by atoms with E-state index < -0.39 is 0 Å². The van der Waals surface area contributed by atoms with E-state index in [0.29, 0.717) is 6.04 Å². The Balaban J connectivity index is 0. The summed E-state index contributed by atoms with van der Waals surface area (Å²) >= 11 is 2.75. The third-order valence-corrected chi connectivity index (χ3v) is 4.22. The Hall–Kier alpha value is 0.114. The maximum absolute atomic E-state index is 2.75. The molecule has 1 unspecified atom stereocenters. The molecule has 1 nitrogen and oxygen atoms in total. The van der Waals surface area contributed by atoms with E-state index in [-0.39, 0.29) is 37.2 Å². The molecule has 0 spiro atoms.